The van der Waals surface area contributed by atoms with Gasteiger partial charge in [-0.2, -0.15) is 5.10 Å². The Morgan fingerprint density at radius 1 is 1.21 bits per heavy atom. The fourth-order valence-corrected chi connectivity index (χ4v) is 1.76. The van der Waals surface area contributed by atoms with Crippen molar-refractivity contribution in [2.75, 3.05) is 12.3 Å². The molecule has 0 bridgehead atoms. The summed E-state index contributed by atoms with van der Waals surface area (Å²) in [6.45, 7) is 4.64. The summed E-state index contributed by atoms with van der Waals surface area (Å²) >= 11 is 0. The Kier molecular flexibility index (Phi) is 3.94. The first-order chi connectivity index (χ1) is 9.08. The molecule has 0 atom stereocenters. The summed E-state index contributed by atoms with van der Waals surface area (Å²) in [5, 5.41) is 4.23. The molecule has 2 rings (SSSR count). The fourth-order valence-electron chi connectivity index (χ4n) is 1.76. The van der Waals surface area contributed by atoms with Crippen molar-refractivity contribution in [3.63, 3.8) is 0 Å². The highest BCUT2D eigenvalue weighted by Crippen LogP contribution is 2.28. The van der Waals surface area contributed by atoms with Crippen LogP contribution in [0, 0.1) is 6.92 Å². The fraction of sp³-hybridized carbons (Fsp3) is 0.357. The first-order valence-corrected chi connectivity index (χ1v) is 6.30. The lowest BCUT2D eigenvalue weighted by Crippen LogP contribution is -1.98. The minimum absolute atomic E-state index is 0.613. The van der Waals surface area contributed by atoms with E-state index in [9.17, 15) is 0 Å². The zero-order valence-electron chi connectivity index (χ0n) is 11.5. The summed E-state index contributed by atoms with van der Waals surface area (Å²) in [5.74, 6) is 2.04. The molecule has 2 N–H and O–H groups in total. The van der Waals surface area contributed by atoms with E-state index in [0.29, 0.717) is 23.9 Å². The lowest BCUT2D eigenvalue weighted by atomic mass is 10.3. The highest BCUT2D eigenvalue weighted by molar-refractivity contribution is 5.51. The molecule has 0 amide bonds. The van der Waals surface area contributed by atoms with Crippen molar-refractivity contribution in [1.29, 1.82) is 0 Å². The van der Waals surface area contributed by atoms with Crippen molar-refractivity contribution in [2.45, 2.75) is 20.3 Å². The predicted molar refractivity (Wildman–Crippen MR) is 74.7 cm³/mol. The molecule has 0 aliphatic heterocycles. The van der Waals surface area contributed by atoms with E-state index in [4.69, 9.17) is 15.2 Å². The molecule has 1 aromatic carbocycles. The third kappa shape index (κ3) is 3.40. The second kappa shape index (κ2) is 5.65. The number of hydrogen-bond donors (Lipinski definition) is 1. The van der Waals surface area contributed by atoms with Gasteiger partial charge < -0.3 is 15.2 Å². The maximum Gasteiger partial charge on any atom is 0.217 e. The summed E-state index contributed by atoms with van der Waals surface area (Å²) in [6.07, 6.45) is 0.950. The number of hydrogen-bond acceptors (Lipinski definition) is 4. The molecule has 0 aliphatic rings. The Labute approximate surface area is 112 Å². The standard InChI is InChI=1S/C14H19N3O2/c1-4-5-18-12-7-11(15)8-13(9-12)19-14-6-10(2)16-17(14)3/h6-9H,4-5,15H2,1-3H3. The normalized spacial score (nSPS) is 10.5. The van der Waals surface area contributed by atoms with Gasteiger partial charge in [0, 0.05) is 37.0 Å². The topological polar surface area (TPSA) is 62.3 Å². The quantitative estimate of drug-likeness (QED) is 0.841. The zero-order chi connectivity index (χ0) is 13.8. The Bertz CT molecular complexity index is 564. The van der Waals surface area contributed by atoms with Gasteiger partial charge in [0.1, 0.15) is 11.5 Å². The maximum atomic E-state index is 5.85. The van der Waals surface area contributed by atoms with Gasteiger partial charge in [-0.15, -0.1) is 0 Å². The largest absolute Gasteiger partial charge is 0.493 e. The average Bonchev–Trinajstić information content (AvgIpc) is 2.64. The van der Waals surface area contributed by atoms with Gasteiger partial charge in [-0.1, -0.05) is 6.92 Å². The van der Waals surface area contributed by atoms with Crippen LogP contribution in [0.15, 0.2) is 24.3 Å². The van der Waals surface area contributed by atoms with Crippen LogP contribution < -0.4 is 15.2 Å². The van der Waals surface area contributed by atoms with E-state index < -0.39 is 0 Å². The Balaban J connectivity index is 2.20. The summed E-state index contributed by atoms with van der Waals surface area (Å²) in [4.78, 5) is 0. The molecule has 0 saturated carbocycles. The lowest BCUT2D eigenvalue weighted by Gasteiger charge is -2.10. The lowest BCUT2D eigenvalue weighted by molar-refractivity contribution is 0.315. The van der Waals surface area contributed by atoms with Gasteiger partial charge in [-0.25, -0.2) is 4.68 Å². The maximum absolute atomic E-state index is 5.85. The number of anilines is 1. The molecule has 0 spiro atoms. The van der Waals surface area contributed by atoms with E-state index in [0.717, 1.165) is 17.9 Å². The smallest absolute Gasteiger partial charge is 0.217 e. The highest BCUT2D eigenvalue weighted by atomic mass is 16.5. The number of nitrogen functional groups attached to an aromatic ring is 1. The van der Waals surface area contributed by atoms with Crippen molar-refractivity contribution in [3.05, 3.63) is 30.0 Å². The number of nitrogens with zero attached hydrogens (tertiary/aromatic N) is 2. The van der Waals surface area contributed by atoms with Crippen molar-refractivity contribution < 1.29 is 9.47 Å². The molecule has 5 nitrogen and oxygen atoms in total. The zero-order valence-corrected chi connectivity index (χ0v) is 11.5. The Hall–Kier alpha value is -2.17. The van der Waals surface area contributed by atoms with Crippen LogP contribution in [0.1, 0.15) is 19.0 Å². The van der Waals surface area contributed by atoms with Crippen LogP contribution in [0.2, 0.25) is 0 Å². The van der Waals surface area contributed by atoms with Gasteiger partial charge >= 0.3 is 0 Å². The van der Waals surface area contributed by atoms with Gasteiger partial charge in [-0.3, -0.25) is 0 Å². The molecule has 0 fully saturated rings. The molecule has 5 heteroatoms. The van der Waals surface area contributed by atoms with Crippen molar-refractivity contribution in [3.8, 4) is 17.4 Å². The number of benzene rings is 1. The molecule has 0 saturated heterocycles. The van der Waals surface area contributed by atoms with Gasteiger partial charge in [0.2, 0.25) is 5.88 Å². The second-order valence-corrected chi connectivity index (χ2v) is 4.44. The van der Waals surface area contributed by atoms with Gasteiger partial charge in [0.05, 0.1) is 12.3 Å². The number of aryl methyl sites for hydroxylation is 2. The average molecular weight is 261 g/mol. The number of ether oxygens (including phenoxy) is 2. The highest BCUT2D eigenvalue weighted by Gasteiger charge is 2.07. The summed E-state index contributed by atoms with van der Waals surface area (Å²) in [5.41, 5.74) is 7.37. The van der Waals surface area contributed by atoms with E-state index in [1.165, 1.54) is 0 Å². The number of nitrogens with two attached hydrogens (primary N) is 1. The minimum atomic E-state index is 0.613. The van der Waals surface area contributed by atoms with E-state index in [2.05, 4.69) is 12.0 Å². The van der Waals surface area contributed by atoms with E-state index in [1.807, 2.05) is 26.1 Å². The molecule has 102 valence electrons. The van der Waals surface area contributed by atoms with Crippen LogP contribution in [0.5, 0.6) is 17.4 Å². The third-order valence-corrected chi connectivity index (χ3v) is 2.56. The van der Waals surface area contributed by atoms with Crippen LogP contribution >= 0.6 is 0 Å². The van der Waals surface area contributed by atoms with Crippen LogP contribution in [0.4, 0.5) is 5.69 Å². The molecule has 19 heavy (non-hydrogen) atoms. The molecule has 2 aromatic rings. The SMILES string of the molecule is CCCOc1cc(N)cc(Oc2cc(C)nn2C)c1. The van der Waals surface area contributed by atoms with Crippen LogP contribution in [-0.2, 0) is 7.05 Å². The molecule has 1 heterocycles. The summed E-state index contributed by atoms with van der Waals surface area (Å²) in [7, 11) is 1.84. The summed E-state index contributed by atoms with van der Waals surface area (Å²) < 4.78 is 13.0. The van der Waals surface area contributed by atoms with Gasteiger partial charge in [0.25, 0.3) is 0 Å². The molecule has 1 aromatic heterocycles. The molecule has 0 radical (unpaired) electrons. The van der Waals surface area contributed by atoms with Crippen molar-refractivity contribution >= 4 is 5.69 Å². The van der Waals surface area contributed by atoms with E-state index >= 15 is 0 Å². The van der Waals surface area contributed by atoms with Crippen LogP contribution in [0.25, 0.3) is 0 Å². The van der Waals surface area contributed by atoms with Crippen molar-refractivity contribution in [2.24, 2.45) is 7.05 Å². The first-order valence-electron chi connectivity index (χ1n) is 6.30. The Morgan fingerprint density at radius 3 is 2.58 bits per heavy atom. The monoisotopic (exact) mass is 261 g/mol. The first kappa shape index (κ1) is 13.3. The van der Waals surface area contributed by atoms with E-state index in [-0.39, 0.29) is 0 Å². The Morgan fingerprint density at radius 2 is 1.95 bits per heavy atom. The second-order valence-electron chi connectivity index (χ2n) is 4.44. The van der Waals surface area contributed by atoms with Crippen molar-refractivity contribution in [1.82, 2.24) is 9.78 Å². The number of rotatable bonds is 5. The van der Waals surface area contributed by atoms with Gasteiger partial charge in [-0.05, 0) is 13.3 Å². The molecule has 0 aliphatic carbocycles. The van der Waals surface area contributed by atoms with Gasteiger partial charge in [0.15, 0.2) is 0 Å². The third-order valence-electron chi connectivity index (χ3n) is 2.56. The summed E-state index contributed by atoms with van der Waals surface area (Å²) in [6, 6.07) is 7.25. The number of aromatic nitrogens is 2. The minimum Gasteiger partial charge on any atom is -0.493 e. The van der Waals surface area contributed by atoms with E-state index in [1.54, 1.807) is 16.8 Å². The predicted octanol–water partition coefficient (Wildman–Crippen LogP) is 2.89. The molecular formula is C14H19N3O2. The van der Waals surface area contributed by atoms with Crippen LogP contribution in [0.3, 0.4) is 0 Å². The molecular weight excluding hydrogens is 242 g/mol. The molecule has 0 unspecified atom stereocenters. The van der Waals surface area contributed by atoms with Crippen LogP contribution in [-0.4, -0.2) is 16.4 Å².